The highest BCUT2D eigenvalue weighted by Crippen LogP contribution is 2.26. The predicted octanol–water partition coefficient (Wildman–Crippen LogP) is 4.61. The molecule has 1 amide bonds. The van der Waals surface area contributed by atoms with Crippen molar-refractivity contribution in [2.45, 2.75) is 0 Å². The van der Waals surface area contributed by atoms with Gasteiger partial charge in [0.15, 0.2) is 0 Å². The highest BCUT2D eigenvalue weighted by molar-refractivity contribution is 14.1. The van der Waals surface area contributed by atoms with E-state index >= 15 is 0 Å². The quantitative estimate of drug-likeness (QED) is 0.393. The first kappa shape index (κ1) is 17.5. The number of nitriles is 1. The summed E-state index contributed by atoms with van der Waals surface area (Å²) in [5.74, 6) is 0.240. The zero-order valence-electron chi connectivity index (χ0n) is 12.1. The molecule has 6 heteroatoms. The van der Waals surface area contributed by atoms with E-state index in [0.717, 1.165) is 13.6 Å². The topological polar surface area (TPSA) is 62.1 Å². The SMILES string of the molecule is COc1ccc(/C=C(/C#N)C(=O)Nc2ccc(I)cc2)cc1Br. The van der Waals surface area contributed by atoms with Crippen LogP contribution in [-0.2, 0) is 4.79 Å². The van der Waals surface area contributed by atoms with Crippen molar-refractivity contribution in [3.63, 3.8) is 0 Å². The number of amides is 1. The molecule has 2 aromatic carbocycles. The van der Waals surface area contributed by atoms with Crippen molar-refractivity contribution in [3.8, 4) is 11.8 Å². The zero-order valence-corrected chi connectivity index (χ0v) is 15.9. The number of nitrogens with one attached hydrogen (secondary N) is 1. The molecule has 0 bridgehead atoms. The number of methoxy groups -OCH3 is 1. The molecule has 0 aliphatic carbocycles. The van der Waals surface area contributed by atoms with Crippen LogP contribution in [0.4, 0.5) is 5.69 Å². The second kappa shape index (κ2) is 8.13. The van der Waals surface area contributed by atoms with Gasteiger partial charge in [-0.2, -0.15) is 5.26 Å². The average Bonchev–Trinajstić information content (AvgIpc) is 2.54. The lowest BCUT2D eigenvalue weighted by atomic mass is 10.1. The van der Waals surface area contributed by atoms with Crippen LogP contribution in [0, 0.1) is 14.9 Å². The minimum absolute atomic E-state index is 0.0283. The van der Waals surface area contributed by atoms with E-state index in [4.69, 9.17) is 4.74 Å². The van der Waals surface area contributed by atoms with Crippen LogP contribution in [0.3, 0.4) is 0 Å². The second-order valence-corrected chi connectivity index (χ2v) is 6.62. The number of carbonyl (C=O) groups is 1. The summed E-state index contributed by atoms with van der Waals surface area (Å²) in [6.07, 6.45) is 1.53. The first-order chi connectivity index (χ1) is 11.0. The predicted molar refractivity (Wildman–Crippen MR) is 102 cm³/mol. The maximum atomic E-state index is 12.2. The van der Waals surface area contributed by atoms with E-state index in [1.54, 1.807) is 37.4 Å². The number of anilines is 1. The van der Waals surface area contributed by atoms with Crippen LogP contribution in [0.15, 0.2) is 52.5 Å². The van der Waals surface area contributed by atoms with Crippen molar-refractivity contribution in [1.82, 2.24) is 0 Å². The molecule has 0 aliphatic heterocycles. The number of carbonyl (C=O) groups excluding carboxylic acids is 1. The van der Waals surface area contributed by atoms with Crippen LogP contribution >= 0.6 is 38.5 Å². The van der Waals surface area contributed by atoms with Crippen LogP contribution in [0.5, 0.6) is 5.75 Å². The van der Waals surface area contributed by atoms with Gasteiger partial charge in [0.25, 0.3) is 5.91 Å². The molecule has 0 radical (unpaired) electrons. The third-order valence-corrected chi connectivity index (χ3v) is 4.29. The summed E-state index contributed by atoms with van der Waals surface area (Å²) in [4.78, 5) is 12.2. The van der Waals surface area contributed by atoms with E-state index in [9.17, 15) is 10.1 Å². The molecule has 4 nitrogen and oxygen atoms in total. The number of hydrogen-bond donors (Lipinski definition) is 1. The largest absolute Gasteiger partial charge is 0.496 e. The molecule has 2 rings (SSSR count). The minimum Gasteiger partial charge on any atom is -0.496 e. The number of ether oxygens (including phenoxy) is 1. The summed E-state index contributed by atoms with van der Waals surface area (Å²) < 4.78 is 6.98. The van der Waals surface area contributed by atoms with Crippen molar-refractivity contribution in [2.75, 3.05) is 12.4 Å². The Morgan fingerprint density at radius 2 is 2.00 bits per heavy atom. The van der Waals surface area contributed by atoms with E-state index in [1.165, 1.54) is 6.08 Å². The summed E-state index contributed by atoms with van der Waals surface area (Å²) in [6, 6.07) is 14.6. The normalized spacial score (nSPS) is 10.8. The smallest absolute Gasteiger partial charge is 0.266 e. The Kier molecular flexibility index (Phi) is 6.19. The van der Waals surface area contributed by atoms with Gasteiger partial charge in [-0.3, -0.25) is 4.79 Å². The van der Waals surface area contributed by atoms with Gasteiger partial charge in [-0.05, 0) is 86.6 Å². The van der Waals surface area contributed by atoms with Crippen LogP contribution < -0.4 is 10.1 Å². The van der Waals surface area contributed by atoms with Gasteiger partial charge in [-0.25, -0.2) is 0 Å². The molecule has 0 unspecified atom stereocenters. The maximum absolute atomic E-state index is 12.2. The second-order valence-electron chi connectivity index (χ2n) is 4.52. The van der Waals surface area contributed by atoms with Crippen LogP contribution in [-0.4, -0.2) is 13.0 Å². The highest BCUT2D eigenvalue weighted by atomic mass is 127. The van der Waals surface area contributed by atoms with Crippen LogP contribution in [0.2, 0.25) is 0 Å². The molecule has 0 spiro atoms. The van der Waals surface area contributed by atoms with E-state index < -0.39 is 5.91 Å². The number of rotatable bonds is 4. The number of hydrogen-bond acceptors (Lipinski definition) is 3. The Labute approximate surface area is 156 Å². The molecule has 0 heterocycles. The molecule has 1 N–H and O–H groups in total. The minimum atomic E-state index is -0.444. The van der Waals surface area contributed by atoms with Gasteiger partial charge in [0.1, 0.15) is 17.4 Å². The molecular weight excluding hydrogens is 471 g/mol. The molecule has 0 aromatic heterocycles. The first-order valence-electron chi connectivity index (χ1n) is 6.55. The van der Waals surface area contributed by atoms with Crippen molar-refractivity contribution in [2.24, 2.45) is 0 Å². The molecule has 0 saturated carbocycles. The van der Waals surface area contributed by atoms with Gasteiger partial charge in [0, 0.05) is 9.26 Å². The number of halogens is 2. The Hall–Kier alpha value is -1.85. The van der Waals surface area contributed by atoms with Crippen molar-refractivity contribution < 1.29 is 9.53 Å². The van der Waals surface area contributed by atoms with Gasteiger partial charge < -0.3 is 10.1 Å². The highest BCUT2D eigenvalue weighted by Gasteiger charge is 2.10. The fourth-order valence-electron chi connectivity index (χ4n) is 1.82. The van der Waals surface area contributed by atoms with Crippen LogP contribution in [0.25, 0.3) is 6.08 Å². The summed E-state index contributed by atoms with van der Waals surface area (Å²) >= 11 is 5.56. The Bertz CT molecular complexity index is 795. The third-order valence-electron chi connectivity index (χ3n) is 2.95. The van der Waals surface area contributed by atoms with E-state index in [2.05, 4.69) is 43.8 Å². The van der Waals surface area contributed by atoms with Gasteiger partial charge in [-0.15, -0.1) is 0 Å². The lowest BCUT2D eigenvalue weighted by Gasteiger charge is -2.06. The monoisotopic (exact) mass is 482 g/mol. The molecule has 0 fully saturated rings. The average molecular weight is 483 g/mol. The van der Waals surface area contributed by atoms with E-state index in [-0.39, 0.29) is 5.57 Å². The lowest BCUT2D eigenvalue weighted by Crippen LogP contribution is -2.13. The molecular formula is C17H12BrIN2O2. The lowest BCUT2D eigenvalue weighted by molar-refractivity contribution is -0.112. The molecule has 2 aromatic rings. The molecule has 116 valence electrons. The Morgan fingerprint density at radius 3 is 2.57 bits per heavy atom. The van der Waals surface area contributed by atoms with Gasteiger partial charge >= 0.3 is 0 Å². The third kappa shape index (κ3) is 4.81. The summed E-state index contributed by atoms with van der Waals surface area (Å²) in [5.41, 5.74) is 1.40. The summed E-state index contributed by atoms with van der Waals surface area (Å²) in [6.45, 7) is 0. The maximum Gasteiger partial charge on any atom is 0.266 e. The fourth-order valence-corrected chi connectivity index (χ4v) is 2.74. The first-order valence-corrected chi connectivity index (χ1v) is 8.43. The van der Waals surface area contributed by atoms with Crippen molar-refractivity contribution >= 4 is 56.2 Å². The summed E-state index contributed by atoms with van der Waals surface area (Å²) in [5, 5.41) is 11.9. The zero-order chi connectivity index (χ0) is 16.8. The molecule has 0 aliphatic rings. The Morgan fingerprint density at radius 1 is 1.30 bits per heavy atom. The molecule has 23 heavy (non-hydrogen) atoms. The number of nitrogens with zero attached hydrogens (tertiary/aromatic N) is 1. The summed E-state index contributed by atoms with van der Waals surface area (Å²) in [7, 11) is 1.57. The molecule has 0 atom stereocenters. The Balaban J connectivity index is 2.21. The van der Waals surface area contributed by atoms with Gasteiger partial charge in [0.05, 0.1) is 11.6 Å². The standard InChI is InChI=1S/C17H12BrIN2O2/c1-23-16-7-2-11(9-15(16)18)8-12(10-20)17(22)21-14-5-3-13(19)4-6-14/h2-9H,1H3,(H,21,22)/b12-8-. The van der Waals surface area contributed by atoms with Crippen molar-refractivity contribution in [1.29, 1.82) is 5.26 Å². The van der Waals surface area contributed by atoms with Crippen LogP contribution in [0.1, 0.15) is 5.56 Å². The molecule has 0 saturated heterocycles. The van der Waals surface area contributed by atoms with E-state index in [1.807, 2.05) is 18.2 Å². The van der Waals surface area contributed by atoms with Crippen molar-refractivity contribution in [3.05, 3.63) is 61.6 Å². The van der Waals surface area contributed by atoms with Gasteiger partial charge in [-0.1, -0.05) is 6.07 Å². The number of benzene rings is 2. The van der Waals surface area contributed by atoms with E-state index in [0.29, 0.717) is 11.4 Å². The fraction of sp³-hybridized carbons (Fsp3) is 0.0588. The van der Waals surface area contributed by atoms with Gasteiger partial charge in [0.2, 0.25) is 0 Å².